The average molecular weight is 462 g/mol. The van der Waals surface area contributed by atoms with Crippen LogP contribution in [-0.4, -0.2) is 42.9 Å². The molecule has 3 aromatic carbocycles. The van der Waals surface area contributed by atoms with E-state index < -0.39 is 29.6 Å². The molecule has 1 aliphatic heterocycles. The lowest BCUT2D eigenvalue weighted by molar-refractivity contribution is -0.122. The molecule has 0 unspecified atom stereocenters. The molecule has 3 aromatic rings. The number of rotatable bonds is 7. The van der Waals surface area contributed by atoms with Crippen molar-refractivity contribution in [2.75, 3.05) is 19.1 Å². The van der Waals surface area contributed by atoms with Crippen molar-refractivity contribution < 1.29 is 28.2 Å². The molecule has 4 rings (SSSR count). The van der Waals surface area contributed by atoms with Crippen LogP contribution in [0.15, 0.2) is 72.8 Å². The van der Waals surface area contributed by atoms with Gasteiger partial charge >= 0.3 is 0 Å². The largest absolute Gasteiger partial charge is 0.497 e. The first-order valence-corrected chi connectivity index (χ1v) is 10.6. The Morgan fingerprint density at radius 3 is 2.18 bits per heavy atom. The van der Waals surface area contributed by atoms with Crippen LogP contribution in [0.4, 0.5) is 10.1 Å². The van der Waals surface area contributed by atoms with Crippen LogP contribution in [0, 0.1) is 5.82 Å². The average Bonchev–Trinajstić information content (AvgIpc) is 3.15. The van der Waals surface area contributed by atoms with Gasteiger partial charge in [0.25, 0.3) is 11.8 Å². The van der Waals surface area contributed by atoms with Gasteiger partial charge in [0.2, 0.25) is 5.91 Å². The number of methoxy groups -OCH3 is 2. The van der Waals surface area contributed by atoms with E-state index in [0.717, 1.165) is 16.5 Å². The molecule has 0 aliphatic carbocycles. The molecule has 1 heterocycles. The molecule has 0 radical (unpaired) electrons. The molecule has 7 nitrogen and oxygen atoms in total. The Balaban J connectivity index is 1.67. The first-order chi connectivity index (χ1) is 16.4. The standard InChI is InChI=1S/C26H23FN2O5/c1-33-21-10-6-17(7-11-21)16-28(25(31)18-4-3-5-19(27)14-18)23-15-24(30)29(26(23)32)20-8-12-22(34-2)13-9-20/h3-14,23H,15-16H2,1-2H3/t23-/m0/s1. The van der Waals surface area contributed by atoms with Gasteiger partial charge in [-0.15, -0.1) is 0 Å². The van der Waals surface area contributed by atoms with Crippen LogP contribution in [0.5, 0.6) is 11.5 Å². The molecular weight excluding hydrogens is 439 g/mol. The number of hydrogen-bond donors (Lipinski definition) is 0. The molecule has 8 heteroatoms. The number of anilines is 1. The van der Waals surface area contributed by atoms with Crippen molar-refractivity contribution in [2.45, 2.75) is 19.0 Å². The molecule has 1 saturated heterocycles. The molecule has 1 atom stereocenters. The summed E-state index contributed by atoms with van der Waals surface area (Å²) in [6.45, 7) is 0.0550. The number of halogens is 1. The SMILES string of the molecule is COc1ccc(CN(C(=O)c2cccc(F)c2)[C@H]2CC(=O)N(c3ccc(OC)cc3)C2=O)cc1. The van der Waals surface area contributed by atoms with Crippen molar-refractivity contribution in [1.29, 1.82) is 0 Å². The summed E-state index contributed by atoms with van der Waals surface area (Å²) in [5.41, 5.74) is 1.21. The van der Waals surface area contributed by atoms with Crippen LogP contribution < -0.4 is 14.4 Å². The summed E-state index contributed by atoms with van der Waals surface area (Å²) >= 11 is 0. The number of ether oxygens (including phenoxy) is 2. The Bertz CT molecular complexity index is 1210. The molecule has 0 saturated carbocycles. The van der Waals surface area contributed by atoms with Gasteiger partial charge in [0.1, 0.15) is 23.4 Å². The Kier molecular flexibility index (Phi) is 6.58. The minimum atomic E-state index is -1.03. The third-order valence-electron chi connectivity index (χ3n) is 5.67. The molecule has 1 aliphatic rings. The van der Waals surface area contributed by atoms with Gasteiger partial charge in [-0.25, -0.2) is 9.29 Å². The highest BCUT2D eigenvalue weighted by atomic mass is 19.1. The summed E-state index contributed by atoms with van der Waals surface area (Å²) in [5.74, 6) is -0.825. The maximum absolute atomic E-state index is 13.8. The predicted octanol–water partition coefficient (Wildman–Crippen LogP) is 3.82. The smallest absolute Gasteiger partial charge is 0.257 e. The van der Waals surface area contributed by atoms with Crippen molar-refractivity contribution in [1.82, 2.24) is 4.90 Å². The van der Waals surface area contributed by atoms with E-state index in [0.29, 0.717) is 17.2 Å². The van der Waals surface area contributed by atoms with Gasteiger partial charge in [0, 0.05) is 12.1 Å². The summed E-state index contributed by atoms with van der Waals surface area (Å²) in [7, 11) is 3.07. The number of amides is 3. The van der Waals surface area contributed by atoms with E-state index in [-0.39, 0.29) is 18.5 Å². The zero-order valence-corrected chi connectivity index (χ0v) is 18.7. The maximum Gasteiger partial charge on any atom is 0.257 e. The van der Waals surface area contributed by atoms with Crippen LogP contribution in [-0.2, 0) is 16.1 Å². The van der Waals surface area contributed by atoms with E-state index in [9.17, 15) is 18.8 Å². The lowest BCUT2D eigenvalue weighted by Crippen LogP contribution is -2.45. The fourth-order valence-corrected chi connectivity index (χ4v) is 3.90. The lowest BCUT2D eigenvalue weighted by Gasteiger charge is -2.28. The number of nitrogens with zero attached hydrogens (tertiary/aromatic N) is 2. The molecular formula is C26H23FN2O5. The highest BCUT2D eigenvalue weighted by molar-refractivity contribution is 6.23. The Morgan fingerprint density at radius 1 is 0.971 bits per heavy atom. The summed E-state index contributed by atoms with van der Waals surface area (Å²) in [4.78, 5) is 42.1. The molecule has 1 fully saturated rings. The normalized spacial score (nSPS) is 15.4. The number of carbonyl (C=O) groups excluding carboxylic acids is 3. The van der Waals surface area contributed by atoms with Crippen molar-refractivity contribution >= 4 is 23.4 Å². The van der Waals surface area contributed by atoms with Crippen molar-refractivity contribution in [3.63, 3.8) is 0 Å². The minimum absolute atomic E-state index is 0.0550. The van der Waals surface area contributed by atoms with E-state index in [1.54, 1.807) is 55.6 Å². The van der Waals surface area contributed by atoms with Crippen LogP contribution in [0.2, 0.25) is 0 Å². The summed E-state index contributed by atoms with van der Waals surface area (Å²) in [6, 6.07) is 17.8. The summed E-state index contributed by atoms with van der Waals surface area (Å²) < 4.78 is 24.2. The molecule has 174 valence electrons. The van der Waals surface area contributed by atoms with Gasteiger partial charge in [-0.05, 0) is 60.2 Å². The van der Waals surface area contributed by atoms with Crippen molar-refractivity contribution in [2.24, 2.45) is 0 Å². The second kappa shape index (κ2) is 9.74. The van der Waals surface area contributed by atoms with E-state index in [1.807, 2.05) is 0 Å². The third-order valence-corrected chi connectivity index (χ3v) is 5.67. The van der Waals surface area contributed by atoms with Gasteiger partial charge in [-0.2, -0.15) is 0 Å². The zero-order chi connectivity index (χ0) is 24.2. The Hall–Kier alpha value is -4.20. The van der Waals surface area contributed by atoms with Gasteiger partial charge in [-0.3, -0.25) is 14.4 Å². The highest BCUT2D eigenvalue weighted by Crippen LogP contribution is 2.29. The van der Waals surface area contributed by atoms with Gasteiger partial charge in [0.05, 0.1) is 26.3 Å². The van der Waals surface area contributed by atoms with E-state index in [1.165, 1.54) is 30.2 Å². The van der Waals surface area contributed by atoms with Gasteiger partial charge in [0.15, 0.2) is 0 Å². The van der Waals surface area contributed by atoms with Crippen molar-refractivity contribution in [3.8, 4) is 11.5 Å². The second-order valence-electron chi connectivity index (χ2n) is 7.78. The number of imide groups is 1. The second-order valence-corrected chi connectivity index (χ2v) is 7.78. The molecule has 34 heavy (non-hydrogen) atoms. The summed E-state index contributed by atoms with van der Waals surface area (Å²) in [5, 5.41) is 0. The van der Waals surface area contributed by atoms with Crippen molar-refractivity contribution in [3.05, 3.63) is 89.7 Å². The Labute approximate surface area is 196 Å². The van der Waals surface area contributed by atoms with E-state index in [2.05, 4.69) is 0 Å². The highest BCUT2D eigenvalue weighted by Gasteiger charge is 2.44. The van der Waals surface area contributed by atoms with Gasteiger partial charge in [-0.1, -0.05) is 18.2 Å². The monoisotopic (exact) mass is 462 g/mol. The Morgan fingerprint density at radius 2 is 1.59 bits per heavy atom. The quantitative estimate of drug-likeness (QED) is 0.499. The molecule has 3 amide bonds. The van der Waals surface area contributed by atoms with Crippen LogP contribution in [0.3, 0.4) is 0 Å². The molecule has 0 aromatic heterocycles. The lowest BCUT2D eigenvalue weighted by atomic mass is 10.1. The van der Waals surface area contributed by atoms with E-state index >= 15 is 0 Å². The predicted molar refractivity (Wildman–Crippen MR) is 123 cm³/mol. The van der Waals surface area contributed by atoms with Crippen LogP contribution in [0.25, 0.3) is 0 Å². The molecule has 0 spiro atoms. The van der Waals surface area contributed by atoms with E-state index in [4.69, 9.17) is 9.47 Å². The minimum Gasteiger partial charge on any atom is -0.497 e. The summed E-state index contributed by atoms with van der Waals surface area (Å²) in [6.07, 6.45) is -0.178. The van der Waals surface area contributed by atoms with Crippen LogP contribution >= 0.6 is 0 Å². The molecule has 0 N–H and O–H groups in total. The first kappa shape index (κ1) is 23.0. The number of hydrogen-bond acceptors (Lipinski definition) is 5. The van der Waals surface area contributed by atoms with Gasteiger partial charge < -0.3 is 14.4 Å². The van der Waals surface area contributed by atoms with Crippen LogP contribution in [0.1, 0.15) is 22.3 Å². The fraction of sp³-hybridized carbons (Fsp3) is 0.192. The fourth-order valence-electron chi connectivity index (χ4n) is 3.90. The number of carbonyl (C=O) groups is 3. The maximum atomic E-state index is 13.8. The topological polar surface area (TPSA) is 76.2 Å². The first-order valence-electron chi connectivity index (χ1n) is 10.6. The molecule has 0 bridgehead atoms. The third kappa shape index (κ3) is 4.61. The zero-order valence-electron chi connectivity index (χ0n) is 18.7. The number of benzene rings is 3.